The van der Waals surface area contributed by atoms with Gasteiger partial charge in [-0.25, -0.2) is 0 Å². The monoisotopic (exact) mass is 336 g/mol. The highest BCUT2D eigenvalue weighted by Gasteiger charge is 2.51. The summed E-state index contributed by atoms with van der Waals surface area (Å²) < 4.78 is 19.9. The second-order valence-electron chi connectivity index (χ2n) is 7.30. The maximum atomic E-state index is 6.07. The average Bonchev–Trinajstić information content (AvgIpc) is 3.05. The number of hydrogen-bond acceptors (Lipinski definition) is 4. The zero-order valence-electron chi connectivity index (χ0n) is 14.9. The van der Waals surface area contributed by atoms with Crippen LogP contribution >= 0.6 is 0 Å². The van der Waals surface area contributed by atoms with E-state index in [1.807, 2.05) is 87.0 Å². The largest absolute Gasteiger partial charge is 0.494 e. The zero-order valence-corrected chi connectivity index (χ0v) is 14.9. The lowest BCUT2D eigenvalue weighted by molar-refractivity contribution is 0.00578. The average molecular weight is 336 g/mol. The van der Waals surface area contributed by atoms with E-state index < -0.39 is 0 Å². The van der Waals surface area contributed by atoms with E-state index in [4.69, 9.17) is 14.0 Å². The Bertz CT molecular complexity index is 853. The molecule has 25 heavy (non-hydrogen) atoms. The van der Waals surface area contributed by atoms with E-state index in [9.17, 15) is 0 Å². The molecule has 1 fully saturated rings. The minimum absolute atomic E-state index is 0.344. The van der Waals surface area contributed by atoms with Crippen molar-refractivity contribution in [1.29, 1.82) is 0 Å². The molecule has 6 heteroatoms. The van der Waals surface area contributed by atoms with Crippen LogP contribution in [0.25, 0.3) is 5.65 Å². The summed E-state index contributed by atoms with van der Waals surface area (Å²) in [5.41, 5.74) is 1.14. The second kappa shape index (κ2) is 5.61. The Morgan fingerprint density at radius 3 is 2.28 bits per heavy atom. The molecule has 0 amide bonds. The normalized spacial score (nSPS) is 18.6. The topological polar surface area (TPSA) is 45.0 Å². The molecular formula is C19H21BN2O3. The fourth-order valence-electron chi connectivity index (χ4n) is 2.75. The van der Waals surface area contributed by atoms with Crippen LogP contribution in [0.2, 0.25) is 0 Å². The van der Waals surface area contributed by atoms with E-state index in [1.54, 1.807) is 0 Å². The van der Waals surface area contributed by atoms with E-state index in [2.05, 4.69) is 4.98 Å². The highest BCUT2D eigenvalue weighted by molar-refractivity contribution is 6.62. The first-order valence-corrected chi connectivity index (χ1v) is 8.41. The van der Waals surface area contributed by atoms with Gasteiger partial charge in [-0.1, -0.05) is 18.2 Å². The summed E-state index contributed by atoms with van der Waals surface area (Å²) in [7, 11) is -0.366. The van der Waals surface area contributed by atoms with Crippen LogP contribution in [0.5, 0.6) is 11.6 Å². The quantitative estimate of drug-likeness (QED) is 0.688. The predicted molar refractivity (Wildman–Crippen MR) is 97.4 cm³/mol. The van der Waals surface area contributed by atoms with Crippen LogP contribution in [0.3, 0.4) is 0 Å². The molecule has 0 aliphatic carbocycles. The number of hydrogen-bond donors (Lipinski definition) is 0. The third-order valence-corrected chi connectivity index (χ3v) is 4.97. The van der Waals surface area contributed by atoms with Crippen LogP contribution in [-0.4, -0.2) is 27.7 Å². The van der Waals surface area contributed by atoms with Gasteiger partial charge in [0, 0.05) is 6.20 Å². The van der Waals surface area contributed by atoms with Crippen molar-refractivity contribution in [3.05, 3.63) is 54.9 Å². The van der Waals surface area contributed by atoms with E-state index in [-0.39, 0.29) is 18.3 Å². The van der Waals surface area contributed by atoms with Gasteiger partial charge in [0.1, 0.15) is 11.4 Å². The summed E-state index contributed by atoms with van der Waals surface area (Å²) in [5.74, 6) is 1.29. The fraction of sp³-hybridized carbons (Fsp3) is 0.316. The van der Waals surface area contributed by atoms with Crippen molar-refractivity contribution in [2.45, 2.75) is 38.9 Å². The minimum Gasteiger partial charge on any atom is -0.437 e. The molecule has 0 unspecified atom stereocenters. The van der Waals surface area contributed by atoms with Gasteiger partial charge in [-0.3, -0.25) is 0 Å². The molecule has 1 aliphatic heterocycles. The number of pyridine rings is 1. The predicted octanol–water partition coefficient (Wildman–Crippen LogP) is 3.43. The Balaban J connectivity index is 1.51. The Kier molecular flexibility index (Phi) is 3.63. The van der Waals surface area contributed by atoms with E-state index >= 15 is 0 Å². The molecule has 0 spiro atoms. The van der Waals surface area contributed by atoms with Crippen LogP contribution in [0.4, 0.5) is 0 Å². The first-order chi connectivity index (χ1) is 11.8. The molecule has 4 rings (SSSR count). The number of imidazole rings is 1. The summed E-state index contributed by atoms with van der Waals surface area (Å²) in [5, 5.41) is 0. The lowest BCUT2D eigenvalue weighted by atomic mass is 9.79. The van der Waals surface area contributed by atoms with Crippen LogP contribution in [0.1, 0.15) is 27.7 Å². The van der Waals surface area contributed by atoms with Crippen molar-refractivity contribution >= 4 is 18.2 Å². The molecule has 0 atom stereocenters. The number of fused-ring (bicyclic) bond motifs is 1. The minimum atomic E-state index is -0.366. The maximum absolute atomic E-state index is 6.07. The van der Waals surface area contributed by atoms with Gasteiger partial charge in [0.15, 0.2) is 0 Å². The third-order valence-electron chi connectivity index (χ3n) is 4.97. The smallest absolute Gasteiger partial charge is 0.437 e. The molecule has 3 heterocycles. The molecule has 1 saturated heterocycles. The number of nitrogens with zero attached hydrogens (tertiary/aromatic N) is 2. The summed E-state index contributed by atoms with van der Waals surface area (Å²) in [6.45, 7) is 8.20. The third kappa shape index (κ3) is 2.92. The molecule has 1 aliphatic rings. The summed E-state index contributed by atoms with van der Waals surface area (Å²) in [4.78, 5) is 4.44. The Morgan fingerprint density at radius 1 is 0.960 bits per heavy atom. The van der Waals surface area contributed by atoms with E-state index in [0.29, 0.717) is 5.88 Å². The summed E-state index contributed by atoms with van der Waals surface area (Å²) in [6, 6.07) is 13.6. The molecule has 0 saturated carbocycles. The maximum Gasteiger partial charge on any atom is 0.494 e. The number of aromatic nitrogens is 2. The standard InChI is InChI=1S/C19H21BN2O3/c1-18(2)19(3,4)25-20(24-18)14-8-10-15(11-9-14)23-17-13-22-12-6-5-7-16(22)21-17/h5-13H,1-4H3. The summed E-state index contributed by atoms with van der Waals surface area (Å²) in [6.07, 6.45) is 3.80. The van der Waals surface area contributed by atoms with Crippen LogP contribution < -0.4 is 10.2 Å². The van der Waals surface area contributed by atoms with Gasteiger partial charge in [0.25, 0.3) is 0 Å². The van der Waals surface area contributed by atoms with Crippen molar-refractivity contribution in [1.82, 2.24) is 9.38 Å². The van der Waals surface area contributed by atoms with Gasteiger partial charge >= 0.3 is 7.12 Å². The molecule has 0 radical (unpaired) electrons. The number of benzene rings is 1. The van der Waals surface area contributed by atoms with Crippen molar-refractivity contribution in [3.63, 3.8) is 0 Å². The van der Waals surface area contributed by atoms with Gasteiger partial charge in [-0.15, -0.1) is 0 Å². The lowest BCUT2D eigenvalue weighted by Crippen LogP contribution is -2.41. The van der Waals surface area contributed by atoms with Crippen LogP contribution in [0.15, 0.2) is 54.9 Å². The van der Waals surface area contributed by atoms with Gasteiger partial charge < -0.3 is 18.4 Å². The van der Waals surface area contributed by atoms with Gasteiger partial charge in [-0.05, 0) is 57.4 Å². The Morgan fingerprint density at radius 2 is 1.64 bits per heavy atom. The molecule has 2 aromatic heterocycles. The first kappa shape index (κ1) is 16.2. The zero-order chi connectivity index (χ0) is 17.7. The fourth-order valence-corrected chi connectivity index (χ4v) is 2.75. The SMILES string of the molecule is CC1(C)OB(c2ccc(Oc3cn4ccccc4n3)cc2)OC1(C)C. The van der Waals surface area contributed by atoms with Crippen LogP contribution in [0, 0.1) is 0 Å². The summed E-state index contributed by atoms with van der Waals surface area (Å²) >= 11 is 0. The molecule has 0 bridgehead atoms. The molecule has 1 aromatic carbocycles. The number of ether oxygens (including phenoxy) is 1. The molecule has 128 valence electrons. The second-order valence-corrected chi connectivity index (χ2v) is 7.30. The van der Waals surface area contributed by atoms with Gasteiger partial charge in [-0.2, -0.15) is 4.98 Å². The van der Waals surface area contributed by atoms with Crippen LogP contribution in [-0.2, 0) is 9.31 Å². The molecule has 0 N–H and O–H groups in total. The van der Waals surface area contributed by atoms with Crippen molar-refractivity contribution in [2.24, 2.45) is 0 Å². The van der Waals surface area contributed by atoms with Crippen molar-refractivity contribution < 1.29 is 14.0 Å². The highest BCUT2D eigenvalue weighted by atomic mass is 16.7. The highest BCUT2D eigenvalue weighted by Crippen LogP contribution is 2.36. The Hall–Kier alpha value is -2.31. The first-order valence-electron chi connectivity index (χ1n) is 8.41. The van der Waals surface area contributed by atoms with Gasteiger partial charge in [0.2, 0.25) is 5.88 Å². The lowest BCUT2D eigenvalue weighted by Gasteiger charge is -2.32. The molecule has 5 nitrogen and oxygen atoms in total. The molecular weight excluding hydrogens is 315 g/mol. The van der Waals surface area contributed by atoms with Gasteiger partial charge in [0.05, 0.1) is 17.4 Å². The molecule has 3 aromatic rings. The Labute approximate surface area is 147 Å². The number of rotatable bonds is 3. The van der Waals surface area contributed by atoms with Crippen molar-refractivity contribution in [2.75, 3.05) is 0 Å². The van der Waals surface area contributed by atoms with Crippen molar-refractivity contribution in [3.8, 4) is 11.6 Å². The van der Waals surface area contributed by atoms with E-state index in [0.717, 1.165) is 16.9 Å². The van der Waals surface area contributed by atoms with E-state index in [1.165, 1.54) is 0 Å².